The molecule has 128 valence electrons. The van der Waals surface area contributed by atoms with Crippen molar-refractivity contribution >= 4 is 33.4 Å². The summed E-state index contributed by atoms with van der Waals surface area (Å²) in [7, 11) is 0. The third kappa shape index (κ3) is 4.12. The minimum Gasteiger partial charge on any atom is -0.369 e. The first-order valence-corrected chi connectivity index (χ1v) is 9.36. The number of hydrogen-bond acceptors (Lipinski definition) is 4. The summed E-state index contributed by atoms with van der Waals surface area (Å²) >= 11 is 1.73. The van der Waals surface area contributed by atoms with Crippen molar-refractivity contribution in [3.05, 3.63) is 29.3 Å². The molecule has 24 heavy (non-hydrogen) atoms. The number of likely N-dealkylation sites (tertiary alicyclic amines) is 1. The molecule has 2 heterocycles. The predicted molar refractivity (Wildman–Crippen MR) is 95.7 cm³/mol. The zero-order chi connectivity index (χ0) is 16.9. The van der Waals surface area contributed by atoms with Crippen LogP contribution in [-0.4, -0.2) is 34.8 Å². The number of nitrogens with zero attached hydrogens (tertiary/aromatic N) is 2. The number of carbonyl (C=O) groups excluding carboxylic acids is 2. The van der Waals surface area contributed by atoms with Gasteiger partial charge in [-0.2, -0.15) is 0 Å². The lowest BCUT2D eigenvalue weighted by molar-refractivity contribution is -0.135. The van der Waals surface area contributed by atoms with E-state index in [1.807, 2.05) is 18.2 Å². The summed E-state index contributed by atoms with van der Waals surface area (Å²) < 4.78 is 1.22. The molecule has 1 unspecified atom stereocenters. The summed E-state index contributed by atoms with van der Waals surface area (Å²) in [6.45, 7) is 1.24. The van der Waals surface area contributed by atoms with Crippen molar-refractivity contribution in [1.82, 2.24) is 9.88 Å². The number of aromatic nitrogens is 1. The molecule has 0 radical (unpaired) electrons. The number of amides is 2. The van der Waals surface area contributed by atoms with Crippen molar-refractivity contribution in [1.29, 1.82) is 0 Å². The summed E-state index contributed by atoms with van der Waals surface area (Å²) in [5.74, 6) is -0.320. The number of hydrogen-bond donors (Lipinski definition) is 1. The van der Waals surface area contributed by atoms with E-state index >= 15 is 0 Å². The Bertz CT molecular complexity index is 695. The smallest absolute Gasteiger partial charge is 0.222 e. The molecule has 2 aromatic rings. The fourth-order valence-electron chi connectivity index (χ4n) is 3.17. The minimum atomic E-state index is -0.289. The van der Waals surface area contributed by atoms with E-state index in [2.05, 4.69) is 11.1 Å². The summed E-state index contributed by atoms with van der Waals surface area (Å²) in [6.07, 6.45) is 4.93. The standard InChI is InChI=1S/C18H23N3O2S/c19-18(23)13-6-5-11-21(12-13)17(22)10-4-3-9-16-20-14-7-1-2-8-15(14)24-16/h1-2,7-8,13H,3-6,9-12H2,(H2,19,23). The molecule has 0 aliphatic carbocycles. The molecule has 0 bridgehead atoms. The largest absolute Gasteiger partial charge is 0.369 e. The van der Waals surface area contributed by atoms with Crippen LogP contribution < -0.4 is 5.73 Å². The molecule has 1 saturated heterocycles. The van der Waals surface area contributed by atoms with Crippen molar-refractivity contribution in [2.24, 2.45) is 11.7 Å². The van der Waals surface area contributed by atoms with Gasteiger partial charge in [0.1, 0.15) is 0 Å². The molecule has 0 saturated carbocycles. The van der Waals surface area contributed by atoms with Gasteiger partial charge in [-0.25, -0.2) is 4.98 Å². The Morgan fingerprint density at radius 2 is 2.12 bits per heavy atom. The van der Waals surface area contributed by atoms with Crippen molar-refractivity contribution in [2.45, 2.75) is 38.5 Å². The average molecular weight is 345 g/mol. The molecule has 2 amide bonds. The zero-order valence-electron chi connectivity index (χ0n) is 13.7. The van der Waals surface area contributed by atoms with Crippen LogP contribution in [0.2, 0.25) is 0 Å². The predicted octanol–water partition coefficient (Wildman–Crippen LogP) is 2.73. The molecule has 1 atom stereocenters. The third-order valence-electron chi connectivity index (χ3n) is 4.55. The number of unbranched alkanes of at least 4 members (excludes halogenated alkanes) is 1. The molecule has 3 rings (SSSR count). The number of para-hydroxylation sites is 1. The molecule has 1 aliphatic heterocycles. The van der Waals surface area contributed by atoms with Crippen LogP contribution in [0.5, 0.6) is 0 Å². The minimum absolute atomic E-state index is 0.144. The van der Waals surface area contributed by atoms with E-state index in [1.165, 1.54) is 4.70 Å². The highest BCUT2D eigenvalue weighted by atomic mass is 32.1. The molecule has 6 heteroatoms. The number of rotatable bonds is 6. The van der Waals surface area contributed by atoms with E-state index in [-0.39, 0.29) is 17.7 Å². The van der Waals surface area contributed by atoms with Gasteiger partial charge in [-0.1, -0.05) is 12.1 Å². The van der Waals surface area contributed by atoms with Crippen LogP contribution >= 0.6 is 11.3 Å². The first kappa shape index (κ1) is 16.9. The van der Waals surface area contributed by atoms with Crippen molar-refractivity contribution in [2.75, 3.05) is 13.1 Å². The highest BCUT2D eigenvalue weighted by Gasteiger charge is 2.26. The molecule has 1 aliphatic rings. The highest BCUT2D eigenvalue weighted by molar-refractivity contribution is 7.18. The number of fused-ring (bicyclic) bond motifs is 1. The third-order valence-corrected chi connectivity index (χ3v) is 5.64. The van der Waals surface area contributed by atoms with Crippen LogP contribution in [0.15, 0.2) is 24.3 Å². The maximum absolute atomic E-state index is 12.3. The van der Waals surface area contributed by atoms with Crippen molar-refractivity contribution in [3.8, 4) is 0 Å². The quantitative estimate of drug-likeness (QED) is 0.818. The first-order valence-electron chi connectivity index (χ1n) is 8.55. The van der Waals surface area contributed by atoms with Crippen molar-refractivity contribution in [3.63, 3.8) is 0 Å². The Balaban J connectivity index is 1.42. The number of carbonyl (C=O) groups is 2. The van der Waals surface area contributed by atoms with Gasteiger partial charge in [0.05, 0.1) is 21.1 Å². The Morgan fingerprint density at radius 1 is 1.29 bits per heavy atom. The molecular formula is C18H23N3O2S. The molecule has 1 fully saturated rings. The lowest BCUT2D eigenvalue weighted by Gasteiger charge is -2.31. The second kappa shape index (κ2) is 7.75. The van der Waals surface area contributed by atoms with Gasteiger partial charge in [0.25, 0.3) is 0 Å². The van der Waals surface area contributed by atoms with E-state index in [1.54, 1.807) is 16.2 Å². The average Bonchev–Trinajstić information content (AvgIpc) is 3.01. The van der Waals surface area contributed by atoms with Crippen LogP contribution in [0.1, 0.15) is 37.1 Å². The van der Waals surface area contributed by atoms with Crippen LogP contribution in [0.3, 0.4) is 0 Å². The maximum atomic E-state index is 12.3. The Labute approximate surface area is 145 Å². The van der Waals surface area contributed by atoms with Gasteiger partial charge in [0, 0.05) is 19.5 Å². The van der Waals surface area contributed by atoms with Gasteiger partial charge in [-0.05, 0) is 44.2 Å². The Morgan fingerprint density at radius 3 is 2.92 bits per heavy atom. The second-order valence-electron chi connectivity index (χ2n) is 6.36. The number of benzene rings is 1. The lowest BCUT2D eigenvalue weighted by Crippen LogP contribution is -2.44. The molecular weight excluding hydrogens is 322 g/mol. The summed E-state index contributed by atoms with van der Waals surface area (Å²) in [6, 6.07) is 8.15. The number of piperidine rings is 1. The SMILES string of the molecule is NC(=O)C1CCCN(C(=O)CCCCc2nc3ccccc3s2)C1. The molecule has 0 spiro atoms. The summed E-state index contributed by atoms with van der Waals surface area (Å²) in [5, 5.41) is 1.13. The fourth-order valence-corrected chi connectivity index (χ4v) is 4.18. The van der Waals surface area contributed by atoms with Gasteiger partial charge in [-0.15, -0.1) is 11.3 Å². The van der Waals surface area contributed by atoms with Gasteiger partial charge in [-0.3, -0.25) is 9.59 Å². The van der Waals surface area contributed by atoms with E-state index < -0.39 is 0 Å². The van der Waals surface area contributed by atoms with E-state index in [0.717, 1.165) is 49.2 Å². The first-order chi connectivity index (χ1) is 11.6. The zero-order valence-corrected chi connectivity index (χ0v) is 14.6. The second-order valence-corrected chi connectivity index (χ2v) is 7.48. The Hall–Kier alpha value is -1.95. The van der Waals surface area contributed by atoms with Gasteiger partial charge < -0.3 is 10.6 Å². The normalized spacial score (nSPS) is 18.0. The number of nitrogens with two attached hydrogens (primary N) is 1. The summed E-state index contributed by atoms with van der Waals surface area (Å²) in [5.41, 5.74) is 6.42. The number of thiazole rings is 1. The fraction of sp³-hybridized carbons (Fsp3) is 0.500. The molecule has 1 aromatic carbocycles. The number of primary amides is 1. The Kier molecular flexibility index (Phi) is 5.45. The van der Waals surface area contributed by atoms with Gasteiger partial charge in [0.15, 0.2) is 0 Å². The van der Waals surface area contributed by atoms with Gasteiger partial charge in [0.2, 0.25) is 11.8 Å². The van der Waals surface area contributed by atoms with Gasteiger partial charge >= 0.3 is 0 Å². The maximum Gasteiger partial charge on any atom is 0.222 e. The molecule has 5 nitrogen and oxygen atoms in total. The molecule has 1 aromatic heterocycles. The van der Waals surface area contributed by atoms with Crippen LogP contribution in [0, 0.1) is 5.92 Å². The molecule has 2 N–H and O–H groups in total. The highest BCUT2D eigenvalue weighted by Crippen LogP contribution is 2.23. The van der Waals surface area contributed by atoms with E-state index in [4.69, 9.17) is 5.73 Å². The number of aryl methyl sites for hydroxylation is 1. The van der Waals surface area contributed by atoms with E-state index in [0.29, 0.717) is 13.0 Å². The van der Waals surface area contributed by atoms with Crippen LogP contribution in [0.25, 0.3) is 10.2 Å². The van der Waals surface area contributed by atoms with Crippen LogP contribution in [0.4, 0.5) is 0 Å². The topological polar surface area (TPSA) is 76.3 Å². The summed E-state index contributed by atoms with van der Waals surface area (Å²) in [4.78, 5) is 30.0. The monoisotopic (exact) mass is 345 g/mol. The lowest BCUT2D eigenvalue weighted by atomic mass is 9.97. The van der Waals surface area contributed by atoms with Crippen LogP contribution in [-0.2, 0) is 16.0 Å². The van der Waals surface area contributed by atoms with E-state index in [9.17, 15) is 9.59 Å². The van der Waals surface area contributed by atoms with Crippen molar-refractivity contribution < 1.29 is 9.59 Å².